The lowest BCUT2D eigenvalue weighted by Crippen LogP contribution is -2.46. The first-order valence-electron chi connectivity index (χ1n) is 12.1. The van der Waals surface area contributed by atoms with Crippen molar-refractivity contribution in [3.05, 3.63) is 35.5 Å². The van der Waals surface area contributed by atoms with Crippen LogP contribution < -0.4 is 4.90 Å². The molecule has 0 radical (unpaired) electrons. The Morgan fingerprint density at radius 2 is 1.79 bits per heavy atom. The summed E-state index contributed by atoms with van der Waals surface area (Å²) in [5.74, 6) is -0.0363. The quantitative estimate of drug-likeness (QED) is 0.649. The van der Waals surface area contributed by atoms with Crippen LogP contribution in [0.2, 0.25) is 0 Å². The number of nitriles is 1. The van der Waals surface area contributed by atoms with Crippen LogP contribution in [0.3, 0.4) is 0 Å². The molecule has 3 heterocycles. The molecule has 0 aliphatic carbocycles. The summed E-state index contributed by atoms with van der Waals surface area (Å²) in [6.07, 6.45) is 5.47. The van der Waals surface area contributed by atoms with Gasteiger partial charge >= 0.3 is 5.97 Å². The molecule has 1 aromatic heterocycles. The molecule has 1 amide bonds. The fourth-order valence-electron chi connectivity index (χ4n) is 5.07. The van der Waals surface area contributed by atoms with Crippen LogP contribution in [-0.4, -0.2) is 54.5 Å². The molecule has 0 N–H and O–H groups in total. The van der Waals surface area contributed by atoms with Gasteiger partial charge in [-0.1, -0.05) is 13.0 Å². The number of hydrogen-bond donors (Lipinski definition) is 0. The molecule has 2 aliphatic rings. The standard InChI is InChI=1S/C26H32N4O3/c1-3-18-5-6-23-22(15-18)24(21(16-27)17-28-23)29-11-7-19(8-12-29)25(31)30-13-9-20(10-14-30)26(32)33-4-2/h5-6,15,17,19-20H,3-4,7-14H2,1-2H3. The minimum absolute atomic E-state index is 0.00904. The molecule has 2 fully saturated rings. The molecule has 0 unspecified atom stereocenters. The minimum Gasteiger partial charge on any atom is -0.466 e. The summed E-state index contributed by atoms with van der Waals surface area (Å²) >= 11 is 0. The second-order valence-corrected chi connectivity index (χ2v) is 8.95. The zero-order valence-corrected chi connectivity index (χ0v) is 19.5. The second-order valence-electron chi connectivity index (χ2n) is 8.95. The number of likely N-dealkylation sites (tertiary alicyclic amines) is 1. The average molecular weight is 449 g/mol. The molecule has 0 saturated carbocycles. The molecule has 2 saturated heterocycles. The number of carbonyl (C=O) groups excluding carboxylic acids is 2. The molecule has 33 heavy (non-hydrogen) atoms. The summed E-state index contributed by atoms with van der Waals surface area (Å²) in [5, 5.41) is 10.7. The van der Waals surface area contributed by atoms with Crippen molar-refractivity contribution in [2.75, 3.05) is 37.7 Å². The van der Waals surface area contributed by atoms with Gasteiger partial charge in [0.1, 0.15) is 6.07 Å². The van der Waals surface area contributed by atoms with Gasteiger partial charge in [0.25, 0.3) is 0 Å². The highest BCUT2D eigenvalue weighted by Crippen LogP contribution is 2.34. The summed E-state index contributed by atoms with van der Waals surface area (Å²) in [5.41, 5.74) is 3.64. The predicted molar refractivity (Wildman–Crippen MR) is 127 cm³/mol. The van der Waals surface area contributed by atoms with E-state index in [0.29, 0.717) is 38.1 Å². The Bertz CT molecular complexity index is 1060. The molecule has 0 bridgehead atoms. The number of anilines is 1. The third-order valence-corrected chi connectivity index (χ3v) is 7.02. The number of piperidine rings is 2. The van der Waals surface area contributed by atoms with Crippen LogP contribution in [0.25, 0.3) is 10.9 Å². The zero-order chi connectivity index (χ0) is 23.4. The van der Waals surface area contributed by atoms with E-state index in [1.807, 2.05) is 17.9 Å². The van der Waals surface area contributed by atoms with Crippen LogP contribution in [0.1, 0.15) is 50.7 Å². The van der Waals surface area contributed by atoms with Gasteiger partial charge in [-0.3, -0.25) is 14.6 Å². The number of hydrogen-bond acceptors (Lipinski definition) is 6. The van der Waals surface area contributed by atoms with E-state index in [-0.39, 0.29) is 23.7 Å². The average Bonchev–Trinajstić information content (AvgIpc) is 2.87. The molecule has 7 heteroatoms. The van der Waals surface area contributed by atoms with E-state index in [1.165, 1.54) is 5.56 Å². The van der Waals surface area contributed by atoms with E-state index in [4.69, 9.17) is 4.74 Å². The topological polar surface area (TPSA) is 86.5 Å². The Morgan fingerprint density at radius 3 is 2.42 bits per heavy atom. The maximum Gasteiger partial charge on any atom is 0.309 e. The summed E-state index contributed by atoms with van der Waals surface area (Å²) in [6.45, 7) is 7.05. The Hall–Kier alpha value is -3.14. The highest BCUT2D eigenvalue weighted by atomic mass is 16.5. The third-order valence-electron chi connectivity index (χ3n) is 7.02. The van der Waals surface area contributed by atoms with Crippen LogP contribution in [-0.2, 0) is 20.7 Å². The zero-order valence-electron chi connectivity index (χ0n) is 19.5. The summed E-state index contributed by atoms with van der Waals surface area (Å²) in [7, 11) is 0. The van der Waals surface area contributed by atoms with E-state index >= 15 is 0 Å². The number of esters is 1. The van der Waals surface area contributed by atoms with Crippen LogP contribution in [0.15, 0.2) is 24.4 Å². The fraction of sp³-hybridized carbons (Fsp3) is 0.538. The second kappa shape index (κ2) is 10.2. The van der Waals surface area contributed by atoms with Crippen LogP contribution in [0, 0.1) is 23.2 Å². The van der Waals surface area contributed by atoms with Crippen molar-refractivity contribution >= 4 is 28.5 Å². The van der Waals surface area contributed by atoms with Crippen LogP contribution in [0.5, 0.6) is 0 Å². The normalized spacial score (nSPS) is 17.7. The molecule has 0 atom stereocenters. The SMILES string of the molecule is CCOC(=O)C1CCN(C(=O)C2CCN(c3c(C#N)cnc4ccc(CC)cc34)CC2)CC1. The maximum atomic E-state index is 13.1. The van der Waals surface area contributed by atoms with E-state index in [0.717, 1.165) is 48.9 Å². The first-order chi connectivity index (χ1) is 16.0. The molecule has 2 aromatic rings. The molecule has 4 rings (SSSR count). The van der Waals surface area contributed by atoms with Gasteiger partial charge in [0.05, 0.1) is 29.3 Å². The predicted octanol–water partition coefficient (Wildman–Crippen LogP) is 3.69. The minimum atomic E-state index is -0.137. The van der Waals surface area contributed by atoms with Crippen molar-refractivity contribution in [1.29, 1.82) is 5.26 Å². The summed E-state index contributed by atoms with van der Waals surface area (Å²) < 4.78 is 5.14. The number of rotatable bonds is 5. The molecule has 0 spiro atoms. The van der Waals surface area contributed by atoms with E-state index in [2.05, 4.69) is 35.0 Å². The number of benzene rings is 1. The Balaban J connectivity index is 1.42. The van der Waals surface area contributed by atoms with E-state index in [1.54, 1.807) is 6.20 Å². The lowest BCUT2D eigenvalue weighted by molar-refractivity contribution is -0.151. The maximum absolute atomic E-state index is 13.1. The number of fused-ring (bicyclic) bond motifs is 1. The van der Waals surface area contributed by atoms with Gasteiger partial charge in [-0.15, -0.1) is 0 Å². The monoisotopic (exact) mass is 448 g/mol. The molecular weight excluding hydrogens is 416 g/mol. The molecule has 1 aromatic carbocycles. The number of pyridine rings is 1. The van der Waals surface area contributed by atoms with Gasteiger partial charge in [0, 0.05) is 43.7 Å². The molecular formula is C26H32N4O3. The Kier molecular flexibility index (Phi) is 7.12. The Labute approximate surface area is 195 Å². The first-order valence-corrected chi connectivity index (χ1v) is 12.1. The molecule has 174 valence electrons. The van der Waals surface area contributed by atoms with Gasteiger partial charge in [-0.05, 0) is 56.7 Å². The van der Waals surface area contributed by atoms with Gasteiger partial charge < -0.3 is 14.5 Å². The fourth-order valence-corrected chi connectivity index (χ4v) is 5.07. The van der Waals surface area contributed by atoms with Crippen molar-refractivity contribution in [2.24, 2.45) is 11.8 Å². The summed E-state index contributed by atoms with van der Waals surface area (Å²) in [6, 6.07) is 8.56. The lowest BCUT2D eigenvalue weighted by atomic mass is 9.91. The number of aryl methyl sites for hydroxylation is 1. The molecule has 2 aliphatic heterocycles. The van der Waals surface area contributed by atoms with Gasteiger partial charge in [0.15, 0.2) is 0 Å². The van der Waals surface area contributed by atoms with Crippen molar-refractivity contribution in [1.82, 2.24) is 9.88 Å². The van der Waals surface area contributed by atoms with E-state index in [9.17, 15) is 14.9 Å². The highest BCUT2D eigenvalue weighted by molar-refractivity contribution is 5.95. The highest BCUT2D eigenvalue weighted by Gasteiger charge is 2.33. The van der Waals surface area contributed by atoms with Crippen molar-refractivity contribution in [2.45, 2.75) is 46.0 Å². The lowest BCUT2D eigenvalue weighted by Gasteiger charge is -2.38. The van der Waals surface area contributed by atoms with Crippen LogP contribution >= 0.6 is 0 Å². The Morgan fingerprint density at radius 1 is 1.09 bits per heavy atom. The van der Waals surface area contributed by atoms with E-state index < -0.39 is 0 Å². The number of aromatic nitrogens is 1. The van der Waals surface area contributed by atoms with Crippen molar-refractivity contribution in [3.8, 4) is 6.07 Å². The van der Waals surface area contributed by atoms with Crippen LogP contribution in [0.4, 0.5) is 5.69 Å². The van der Waals surface area contributed by atoms with Gasteiger partial charge in [0.2, 0.25) is 5.91 Å². The largest absolute Gasteiger partial charge is 0.466 e. The smallest absolute Gasteiger partial charge is 0.309 e. The van der Waals surface area contributed by atoms with Gasteiger partial charge in [-0.2, -0.15) is 5.26 Å². The first kappa shape index (κ1) is 23.0. The molecule has 7 nitrogen and oxygen atoms in total. The third kappa shape index (κ3) is 4.80. The number of carbonyl (C=O) groups is 2. The number of ether oxygens (including phenoxy) is 1. The number of amides is 1. The van der Waals surface area contributed by atoms with Crippen molar-refractivity contribution in [3.63, 3.8) is 0 Å². The van der Waals surface area contributed by atoms with Gasteiger partial charge in [-0.25, -0.2) is 0 Å². The number of nitrogens with zero attached hydrogens (tertiary/aromatic N) is 4. The summed E-state index contributed by atoms with van der Waals surface area (Å²) in [4.78, 5) is 33.8. The van der Waals surface area contributed by atoms with Crippen molar-refractivity contribution < 1.29 is 14.3 Å².